The van der Waals surface area contributed by atoms with E-state index < -0.39 is 9.84 Å². The van der Waals surface area contributed by atoms with E-state index in [1.807, 2.05) is 0 Å². The fourth-order valence-electron chi connectivity index (χ4n) is 1.27. The van der Waals surface area contributed by atoms with Gasteiger partial charge in [-0.2, -0.15) is 19.6 Å². The van der Waals surface area contributed by atoms with Crippen molar-refractivity contribution >= 4 is 33.0 Å². The van der Waals surface area contributed by atoms with Gasteiger partial charge < -0.3 is 5.32 Å². The summed E-state index contributed by atoms with van der Waals surface area (Å²) in [6.45, 7) is 0.272. The molecule has 92 valence electrons. The van der Waals surface area contributed by atoms with E-state index >= 15 is 0 Å². The molecule has 0 spiro atoms. The first kappa shape index (κ1) is 12.1. The van der Waals surface area contributed by atoms with Crippen molar-refractivity contribution in [2.24, 2.45) is 0 Å². The van der Waals surface area contributed by atoms with Gasteiger partial charge in [0, 0.05) is 18.9 Å². The summed E-state index contributed by atoms with van der Waals surface area (Å²) in [5.74, 6) is 0.948. The van der Waals surface area contributed by atoms with Crippen LogP contribution in [0.3, 0.4) is 0 Å². The van der Waals surface area contributed by atoms with Crippen LogP contribution in [0.5, 0.6) is 0 Å². The fraction of sp³-hybridized carbons (Fsp3) is 0.375. The second-order valence-corrected chi connectivity index (χ2v) is 6.14. The van der Waals surface area contributed by atoms with Crippen LogP contribution in [0, 0.1) is 0 Å². The van der Waals surface area contributed by atoms with Crippen LogP contribution >= 0.6 is 11.6 Å². The number of nitrogens with one attached hydrogen (secondary N) is 1. The molecule has 2 heterocycles. The summed E-state index contributed by atoms with van der Waals surface area (Å²) in [5.41, 5.74) is 0. The number of anilines is 1. The molecule has 0 saturated carbocycles. The normalized spacial score (nSPS) is 11.9. The molecule has 0 aromatic carbocycles. The molecule has 0 aliphatic heterocycles. The molecule has 7 nitrogen and oxygen atoms in total. The quantitative estimate of drug-likeness (QED) is 0.804. The van der Waals surface area contributed by atoms with Crippen LogP contribution in [-0.2, 0) is 9.84 Å². The summed E-state index contributed by atoms with van der Waals surface area (Å²) in [6.07, 6.45) is 2.53. The minimum atomic E-state index is -3.00. The van der Waals surface area contributed by atoms with Crippen LogP contribution in [0.1, 0.15) is 0 Å². The van der Waals surface area contributed by atoms with Crippen molar-refractivity contribution in [3.8, 4) is 0 Å². The zero-order valence-corrected chi connectivity index (χ0v) is 10.5. The van der Waals surface area contributed by atoms with Crippen LogP contribution in [0.2, 0.25) is 5.15 Å². The van der Waals surface area contributed by atoms with Crippen molar-refractivity contribution in [2.45, 2.75) is 0 Å². The highest BCUT2D eigenvalue weighted by atomic mass is 35.5. The minimum absolute atomic E-state index is 0.0309. The molecule has 0 radical (unpaired) electrons. The van der Waals surface area contributed by atoms with Gasteiger partial charge in [-0.15, -0.1) is 0 Å². The molecule has 0 fully saturated rings. The zero-order chi connectivity index (χ0) is 12.5. The van der Waals surface area contributed by atoms with Gasteiger partial charge in [-0.25, -0.2) is 8.42 Å². The number of fused-ring (bicyclic) bond motifs is 1. The minimum Gasteiger partial charge on any atom is -0.369 e. The molecule has 0 saturated heterocycles. The summed E-state index contributed by atoms with van der Waals surface area (Å²) < 4.78 is 23.4. The number of halogens is 1. The highest BCUT2D eigenvalue weighted by Gasteiger charge is 2.07. The van der Waals surface area contributed by atoms with Crippen molar-refractivity contribution in [3.05, 3.63) is 17.5 Å². The Kier molecular flexibility index (Phi) is 3.16. The molecule has 0 unspecified atom stereocenters. The summed E-state index contributed by atoms with van der Waals surface area (Å²) in [5, 5.41) is 7.15. The van der Waals surface area contributed by atoms with E-state index in [4.69, 9.17) is 11.6 Å². The smallest absolute Gasteiger partial charge is 0.255 e. The lowest BCUT2D eigenvalue weighted by Crippen LogP contribution is -2.16. The molecule has 0 aliphatic rings. The van der Waals surface area contributed by atoms with Crippen LogP contribution < -0.4 is 5.32 Å². The van der Waals surface area contributed by atoms with Gasteiger partial charge in [-0.05, 0) is 0 Å². The van der Waals surface area contributed by atoms with E-state index in [2.05, 4.69) is 20.4 Å². The predicted molar refractivity (Wildman–Crippen MR) is 64.0 cm³/mol. The maximum absolute atomic E-state index is 11.0. The van der Waals surface area contributed by atoms with Crippen LogP contribution in [0.4, 0.5) is 5.82 Å². The Morgan fingerprint density at radius 1 is 1.53 bits per heavy atom. The lowest BCUT2D eigenvalue weighted by Gasteiger charge is -2.07. The molecule has 0 aliphatic carbocycles. The lowest BCUT2D eigenvalue weighted by molar-refractivity contribution is 0.602. The number of hydrogen-bond acceptors (Lipinski definition) is 6. The maximum atomic E-state index is 11.0. The first-order chi connectivity index (χ1) is 7.96. The van der Waals surface area contributed by atoms with Crippen molar-refractivity contribution in [1.29, 1.82) is 0 Å². The third-order valence-corrected chi connectivity index (χ3v) is 3.14. The van der Waals surface area contributed by atoms with E-state index in [0.717, 1.165) is 0 Å². The molecular weight excluding hydrogens is 266 g/mol. The molecule has 0 amide bonds. The summed E-state index contributed by atoms with van der Waals surface area (Å²) in [6, 6.07) is 1.56. The van der Waals surface area contributed by atoms with Crippen LogP contribution in [-0.4, -0.2) is 46.6 Å². The second-order valence-electron chi connectivity index (χ2n) is 3.49. The molecule has 0 bridgehead atoms. The molecule has 0 atom stereocenters. The maximum Gasteiger partial charge on any atom is 0.255 e. The lowest BCUT2D eigenvalue weighted by atomic mass is 10.5. The first-order valence-corrected chi connectivity index (χ1v) is 7.17. The summed E-state index contributed by atoms with van der Waals surface area (Å²) >= 11 is 5.80. The number of hydrogen-bond donors (Lipinski definition) is 1. The molecule has 9 heteroatoms. The predicted octanol–water partition coefficient (Wildman–Crippen LogP) is 0.234. The SMILES string of the molecule is CS(=O)(=O)CCNc1cc(Cl)nc2ncnn12. The Morgan fingerprint density at radius 3 is 3.00 bits per heavy atom. The van der Waals surface area contributed by atoms with Gasteiger partial charge in [0.05, 0.1) is 5.75 Å². The number of nitrogens with zero attached hydrogens (tertiary/aromatic N) is 4. The Morgan fingerprint density at radius 2 is 2.29 bits per heavy atom. The van der Waals surface area contributed by atoms with E-state index in [-0.39, 0.29) is 17.5 Å². The monoisotopic (exact) mass is 275 g/mol. The van der Waals surface area contributed by atoms with Gasteiger partial charge in [-0.1, -0.05) is 11.6 Å². The molecule has 2 aromatic heterocycles. The highest BCUT2D eigenvalue weighted by Crippen LogP contribution is 2.13. The van der Waals surface area contributed by atoms with Crippen molar-refractivity contribution in [3.63, 3.8) is 0 Å². The van der Waals surface area contributed by atoms with Crippen molar-refractivity contribution in [2.75, 3.05) is 23.9 Å². The van der Waals surface area contributed by atoms with Gasteiger partial charge in [0.1, 0.15) is 27.1 Å². The first-order valence-electron chi connectivity index (χ1n) is 4.73. The third kappa shape index (κ3) is 3.04. The molecule has 1 N–H and O–H groups in total. The van der Waals surface area contributed by atoms with Crippen molar-refractivity contribution in [1.82, 2.24) is 19.6 Å². The third-order valence-electron chi connectivity index (χ3n) is 2.00. The van der Waals surface area contributed by atoms with E-state index in [0.29, 0.717) is 11.6 Å². The molecule has 2 aromatic rings. The average molecular weight is 276 g/mol. The number of aromatic nitrogens is 4. The van der Waals surface area contributed by atoms with Gasteiger partial charge in [0.25, 0.3) is 5.78 Å². The van der Waals surface area contributed by atoms with Gasteiger partial charge in [-0.3, -0.25) is 0 Å². The summed E-state index contributed by atoms with van der Waals surface area (Å²) in [4.78, 5) is 7.84. The Balaban J connectivity index is 2.20. The van der Waals surface area contributed by atoms with Gasteiger partial charge >= 0.3 is 0 Å². The Labute approximate surface area is 103 Å². The fourth-order valence-corrected chi connectivity index (χ4v) is 1.93. The van der Waals surface area contributed by atoms with Gasteiger partial charge in [0.15, 0.2) is 0 Å². The second kappa shape index (κ2) is 4.46. The molecule has 17 heavy (non-hydrogen) atoms. The highest BCUT2D eigenvalue weighted by molar-refractivity contribution is 7.90. The average Bonchev–Trinajstić information content (AvgIpc) is 2.63. The largest absolute Gasteiger partial charge is 0.369 e. The summed E-state index contributed by atoms with van der Waals surface area (Å²) in [7, 11) is -3.00. The Hall–Kier alpha value is -1.41. The van der Waals surface area contributed by atoms with Crippen molar-refractivity contribution < 1.29 is 8.42 Å². The zero-order valence-electron chi connectivity index (χ0n) is 8.96. The molecule has 2 rings (SSSR count). The molecular formula is C8H10ClN5O2S. The van der Waals surface area contributed by atoms with Crippen LogP contribution in [0.25, 0.3) is 5.78 Å². The standard InChI is InChI=1S/C8H10ClN5O2S/c1-17(15,16)3-2-10-7-4-6(9)13-8-11-5-12-14(7)8/h4-5,10H,2-3H2,1H3. The topological polar surface area (TPSA) is 89.2 Å². The Bertz CT molecular complexity index is 638. The van der Waals surface area contributed by atoms with E-state index in [1.165, 1.54) is 17.1 Å². The number of sulfone groups is 1. The van der Waals surface area contributed by atoms with Crippen LogP contribution in [0.15, 0.2) is 12.4 Å². The van der Waals surface area contributed by atoms with Gasteiger partial charge in [0.2, 0.25) is 0 Å². The van der Waals surface area contributed by atoms with E-state index in [1.54, 1.807) is 6.07 Å². The number of rotatable bonds is 4. The van der Waals surface area contributed by atoms with E-state index in [9.17, 15) is 8.42 Å².